The van der Waals surface area contributed by atoms with E-state index in [0.717, 1.165) is 55.4 Å². The van der Waals surface area contributed by atoms with Crippen molar-refractivity contribution >= 4 is 27.4 Å². The van der Waals surface area contributed by atoms with Gasteiger partial charge >= 0.3 is 0 Å². The van der Waals surface area contributed by atoms with Crippen molar-refractivity contribution in [2.24, 2.45) is 0 Å². The maximum Gasteiger partial charge on any atom is 0.138 e. The van der Waals surface area contributed by atoms with Crippen molar-refractivity contribution in [2.45, 2.75) is 13.1 Å². The van der Waals surface area contributed by atoms with Crippen LogP contribution in [0.4, 0.5) is 5.82 Å². The van der Waals surface area contributed by atoms with Gasteiger partial charge in [0.2, 0.25) is 0 Å². The predicted octanol–water partition coefficient (Wildman–Crippen LogP) is 1.72. The highest BCUT2D eigenvalue weighted by Crippen LogP contribution is 2.24. The average Bonchev–Trinajstić information content (AvgIpc) is 3.11. The summed E-state index contributed by atoms with van der Waals surface area (Å²) < 4.78 is 5.42. The molecule has 5 nitrogen and oxygen atoms in total. The van der Waals surface area contributed by atoms with Gasteiger partial charge in [-0.25, -0.2) is 9.97 Å². The van der Waals surface area contributed by atoms with Crippen molar-refractivity contribution in [3.63, 3.8) is 0 Å². The number of rotatable bonds is 5. The molecule has 0 saturated carbocycles. The van der Waals surface area contributed by atoms with Gasteiger partial charge in [0.05, 0.1) is 18.6 Å². The van der Waals surface area contributed by atoms with Crippen LogP contribution in [0.3, 0.4) is 0 Å². The number of thiophene rings is 1. The molecule has 0 spiro atoms. The molecule has 124 valence electrons. The lowest BCUT2D eigenvalue weighted by molar-refractivity contribution is -0.921. The lowest BCUT2D eigenvalue weighted by Gasteiger charge is -2.23. The van der Waals surface area contributed by atoms with E-state index in [1.165, 1.54) is 11.1 Å². The summed E-state index contributed by atoms with van der Waals surface area (Å²) in [4.78, 5) is 11.3. The number of hydrogen-bond acceptors (Lipinski definition) is 5. The number of morpholine rings is 1. The fourth-order valence-electron chi connectivity index (χ4n) is 3.02. The normalized spacial score (nSPS) is 15.7. The second kappa shape index (κ2) is 7.25. The number of anilines is 1. The van der Waals surface area contributed by atoms with Gasteiger partial charge in [0, 0.05) is 12.1 Å². The molecule has 2 N–H and O–H groups in total. The molecule has 0 aliphatic carbocycles. The average molecular weight is 341 g/mol. The quantitative estimate of drug-likeness (QED) is 0.742. The Kier molecular flexibility index (Phi) is 4.69. The third-order valence-corrected chi connectivity index (χ3v) is 5.22. The third-order valence-electron chi connectivity index (χ3n) is 4.40. The standard InChI is InChI=1S/C18H20N4OS/c1-3-15(12-22-6-8-23-9-7-22)4-2-14(1)11-19-17-16-5-10-24-18(16)21-13-20-17/h1-5,10,13H,6-9,11-12H2,(H,19,20,21)/p+1. The minimum atomic E-state index is 0.770. The Hall–Kier alpha value is -2.02. The van der Waals surface area contributed by atoms with Crippen LogP contribution in [-0.4, -0.2) is 36.3 Å². The zero-order valence-corrected chi connectivity index (χ0v) is 14.3. The smallest absolute Gasteiger partial charge is 0.138 e. The van der Waals surface area contributed by atoms with E-state index in [4.69, 9.17) is 4.74 Å². The highest BCUT2D eigenvalue weighted by atomic mass is 32.1. The van der Waals surface area contributed by atoms with Crippen molar-refractivity contribution in [2.75, 3.05) is 31.6 Å². The molecule has 4 rings (SSSR count). The van der Waals surface area contributed by atoms with Gasteiger partial charge in [-0.1, -0.05) is 24.3 Å². The summed E-state index contributed by atoms with van der Waals surface area (Å²) in [5.74, 6) is 0.906. The molecule has 0 unspecified atom stereocenters. The van der Waals surface area contributed by atoms with E-state index in [2.05, 4.69) is 45.6 Å². The first-order chi connectivity index (χ1) is 11.9. The summed E-state index contributed by atoms with van der Waals surface area (Å²) in [7, 11) is 0. The van der Waals surface area contributed by atoms with E-state index < -0.39 is 0 Å². The van der Waals surface area contributed by atoms with E-state index >= 15 is 0 Å². The molecule has 1 fully saturated rings. The highest BCUT2D eigenvalue weighted by Gasteiger charge is 2.13. The number of aromatic nitrogens is 2. The maximum atomic E-state index is 5.42. The van der Waals surface area contributed by atoms with Gasteiger partial charge in [0.15, 0.2) is 0 Å². The Morgan fingerprint density at radius 1 is 1.04 bits per heavy atom. The number of quaternary nitrogens is 1. The van der Waals surface area contributed by atoms with Crippen molar-refractivity contribution < 1.29 is 9.64 Å². The zero-order valence-electron chi connectivity index (χ0n) is 13.5. The molecule has 1 saturated heterocycles. The number of nitrogens with one attached hydrogen (secondary N) is 2. The SMILES string of the molecule is c1nc(NCc2ccc(C[NH+]3CCOCC3)cc2)c2ccsc2n1. The Labute approximate surface area is 145 Å². The molecule has 0 atom stereocenters. The van der Waals surface area contributed by atoms with Gasteiger partial charge in [-0.15, -0.1) is 11.3 Å². The van der Waals surface area contributed by atoms with Crippen LogP contribution in [0.2, 0.25) is 0 Å². The number of hydrogen-bond donors (Lipinski definition) is 2. The molecule has 2 aromatic heterocycles. The zero-order chi connectivity index (χ0) is 16.2. The molecular weight excluding hydrogens is 320 g/mol. The van der Waals surface area contributed by atoms with Gasteiger partial charge in [-0.2, -0.15) is 0 Å². The number of fused-ring (bicyclic) bond motifs is 1. The minimum Gasteiger partial charge on any atom is -0.370 e. The number of ether oxygens (including phenoxy) is 1. The molecule has 0 radical (unpaired) electrons. The molecule has 24 heavy (non-hydrogen) atoms. The van der Waals surface area contributed by atoms with Crippen molar-refractivity contribution in [3.05, 3.63) is 53.2 Å². The van der Waals surface area contributed by atoms with E-state index in [-0.39, 0.29) is 0 Å². The molecule has 0 amide bonds. The highest BCUT2D eigenvalue weighted by molar-refractivity contribution is 7.16. The van der Waals surface area contributed by atoms with Crippen molar-refractivity contribution in [1.29, 1.82) is 0 Å². The maximum absolute atomic E-state index is 5.42. The van der Waals surface area contributed by atoms with Crippen molar-refractivity contribution in [3.8, 4) is 0 Å². The Morgan fingerprint density at radius 3 is 2.67 bits per heavy atom. The molecule has 3 heterocycles. The fraction of sp³-hybridized carbons (Fsp3) is 0.333. The molecule has 6 heteroatoms. The van der Waals surface area contributed by atoms with Crippen LogP contribution in [0.15, 0.2) is 42.0 Å². The van der Waals surface area contributed by atoms with Gasteiger partial charge in [0.25, 0.3) is 0 Å². The summed E-state index contributed by atoms with van der Waals surface area (Å²) in [5, 5.41) is 6.57. The molecule has 1 aromatic carbocycles. The number of nitrogens with zero attached hydrogens (tertiary/aromatic N) is 2. The van der Waals surface area contributed by atoms with E-state index in [9.17, 15) is 0 Å². The Bertz CT molecular complexity index is 796. The first-order valence-corrected chi connectivity index (χ1v) is 9.18. The molecule has 3 aromatic rings. The second-order valence-corrected chi connectivity index (χ2v) is 6.97. The topological polar surface area (TPSA) is 51.5 Å². The summed E-state index contributed by atoms with van der Waals surface area (Å²) in [6, 6.07) is 10.9. The summed E-state index contributed by atoms with van der Waals surface area (Å²) in [5.41, 5.74) is 2.65. The first kappa shape index (κ1) is 15.5. The second-order valence-electron chi connectivity index (χ2n) is 6.07. The molecule has 0 bridgehead atoms. The van der Waals surface area contributed by atoms with Crippen LogP contribution in [-0.2, 0) is 17.8 Å². The van der Waals surface area contributed by atoms with Crippen LogP contribution >= 0.6 is 11.3 Å². The van der Waals surface area contributed by atoms with Crippen molar-refractivity contribution in [1.82, 2.24) is 9.97 Å². The van der Waals surface area contributed by atoms with Crippen LogP contribution in [0, 0.1) is 0 Å². The van der Waals surface area contributed by atoms with Gasteiger partial charge in [-0.05, 0) is 17.0 Å². The van der Waals surface area contributed by atoms with Crippen LogP contribution in [0.1, 0.15) is 11.1 Å². The monoisotopic (exact) mass is 341 g/mol. The fourth-order valence-corrected chi connectivity index (χ4v) is 3.75. The largest absolute Gasteiger partial charge is 0.370 e. The Balaban J connectivity index is 1.37. The van der Waals surface area contributed by atoms with Gasteiger partial charge in [-0.3, -0.25) is 0 Å². The van der Waals surface area contributed by atoms with Crippen LogP contribution < -0.4 is 10.2 Å². The van der Waals surface area contributed by atoms with E-state index in [1.807, 2.05) is 5.38 Å². The molecular formula is C18H21N4OS+. The number of benzene rings is 1. The van der Waals surface area contributed by atoms with Crippen LogP contribution in [0.5, 0.6) is 0 Å². The summed E-state index contributed by atoms with van der Waals surface area (Å²) >= 11 is 1.64. The molecule has 1 aliphatic heterocycles. The molecule has 1 aliphatic rings. The Morgan fingerprint density at radius 2 is 1.83 bits per heavy atom. The first-order valence-electron chi connectivity index (χ1n) is 8.30. The predicted molar refractivity (Wildman–Crippen MR) is 96.4 cm³/mol. The van der Waals surface area contributed by atoms with Gasteiger partial charge < -0.3 is 15.0 Å². The lowest BCUT2D eigenvalue weighted by atomic mass is 10.1. The van der Waals surface area contributed by atoms with E-state index in [0.29, 0.717) is 0 Å². The minimum absolute atomic E-state index is 0.770. The van der Waals surface area contributed by atoms with E-state index in [1.54, 1.807) is 22.6 Å². The van der Waals surface area contributed by atoms with Gasteiger partial charge in [0.1, 0.15) is 36.6 Å². The summed E-state index contributed by atoms with van der Waals surface area (Å²) in [6.07, 6.45) is 1.62. The third kappa shape index (κ3) is 3.56. The lowest BCUT2D eigenvalue weighted by Crippen LogP contribution is -3.12. The summed E-state index contributed by atoms with van der Waals surface area (Å²) in [6.45, 7) is 5.83. The van der Waals surface area contributed by atoms with Crippen LogP contribution in [0.25, 0.3) is 10.2 Å².